The lowest BCUT2D eigenvalue weighted by atomic mass is 9.71. The van der Waals surface area contributed by atoms with E-state index in [1.54, 1.807) is 72.4 Å². The van der Waals surface area contributed by atoms with E-state index in [0.29, 0.717) is 81.3 Å². The first-order chi connectivity index (χ1) is 48.2. The van der Waals surface area contributed by atoms with Crippen molar-refractivity contribution in [2.45, 2.75) is 268 Å². The standard InChI is InChI=1S/C13H13FOS.C13H14OS.C9H12O2.2C9H14O2.3C8H12O2.C7H10O2/c1-9-11(15)6-4-8-12(9)16-13-7-3-2-5-10(13)14;1-10-12(14)8-5-9-13(10)15-11-6-3-2-4-7-11;1-5-8(10)6-2-3-7(4-6)9(5)11;1-6-7(10)4-9(2,3)5-8(6)11;1-6-7(10)4-5-9(2,3)8(6)11;1-5-3-7(9)6(2)8(10)4-5;1-5-3-4-7(9)6(2)8(5)10;1-6-7(9)4-2-3-5-8(6)10;1-5-6(8)3-2-4-7(5)9/h2-3,5,7H,4,6,8H2,1H3;2-4,6-7H,5,8-9H2,1H3;5-7H,2-4H2,1H3;2*6H,4-5H2,1-3H3;2*5-6H,3-4H2,1-2H3;6H,2-5H2,1H3;5H,2-4H2,1H3. The zero-order valence-corrected chi connectivity index (χ0v) is 65.4. The number of hydrogen-bond donors (Lipinski definition) is 0. The van der Waals surface area contributed by atoms with Gasteiger partial charge in [0, 0.05) is 121 Å². The van der Waals surface area contributed by atoms with Crippen molar-refractivity contribution in [1.29, 1.82) is 0 Å². The van der Waals surface area contributed by atoms with Gasteiger partial charge < -0.3 is 0 Å². The molecular weight excluding hydrogens is 1350 g/mol. The Kier molecular flexibility index (Phi) is 36.0. The highest BCUT2D eigenvalue weighted by atomic mass is 32.2. The van der Waals surface area contributed by atoms with Gasteiger partial charge in [0.1, 0.15) is 86.8 Å². The zero-order valence-electron chi connectivity index (χ0n) is 63.7. The van der Waals surface area contributed by atoms with Crippen LogP contribution in [0.2, 0.25) is 0 Å². The summed E-state index contributed by atoms with van der Waals surface area (Å²) in [6, 6.07) is 16.9. The molecule has 8 saturated carbocycles. The molecule has 2 bridgehead atoms. The van der Waals surface area contributed by atoms with Crippen LogP contribution >= 0.6 is 23.5 Å². The van der Waals surface area contributed by atoms with Crippen LogP contribution < -0.4 is 0 Å². The minimum atomic E-state index is -0.362. The molecule has 10 aliphatic carbocycles. The Morgan fingerprint density at radius 1 is 0.379 bits per heavy atom. The predicted octanol–water partition coefficient (Wildman–Crippen LogP) is 16.8. The summed E-state index contributed by atoms with van der Waals surface area (Å²) in [5.41, 5.74) is 1.41. The molecule has 0 radical (unpaired) electrons. The van der Waals surface area contributed by atoms with Gasteiger partial charge in [-0.25, -0.2) is 4.39 Å². The molecule has 564 valence electrons. The minimum Gasteiger partial charge on any atom is -0.299 e. The van der Waals surface area contributed by atoms with E-state index < -0.39 is 0 Å². The third-order valence-corrected chi connectivity index (χ3v) is 24.0. The number of benzene rings is 2. The number of allylic oxidation sites excluding steroid dienone is 4. The van der Waals surface area contributed by atoms with Crippen molar-refractivity contribution in [3.8, 4) is 0 Å². The molecule has 0 N–H and O–H groups in total. The number of rotatable bonds is 4. The molecule has 0 aromatic heterocycles. The lowest BCUT2D eigenvalue weighted by Gasteiger charge is -2.30. The Hall–Kier alpha value is -6.73. The summed E-state index contributed by atoms with van der Waals surface area (Å²) >= 11 is 3.12. The molecule has 12 rings (SSSR count). The average molecular weight is 1460 g/mol. The molecule has 16 nitrogen and oxygen atoms in total. The molecular formula is C84H113FO16S2. The van der Waals surface area contributed by atoms with Crippen LogP contribution in [0.15, 0.2) is 85.3 Å². The maximum absolute atomic E-state index is 13.4. The second kappa shape index (κ2) is 41.8. The van der Waals surface area contributed by atoms with Crippen LogP contribution in [-0.2, 0) is 76.7 Å². The molecule has 2 aromatic carbocycles. The fraction of sp³-hybridized carbons (Fsp3) is 0.619. The van der Waals surface area contributed by atoms with Crippen molar-refractivity contribution >= 4 is 116 Å². The fourth-order valence-corrected chi connectivity index (χ4v) is 15.8. The van der Waals surface area contributed by atoms with Crippen molar-refractivity contribution in [2.75, 3.05) is 0 Å². The number of carbonyl (C=O) groups excluding carboxylic acids is 16. The van der Waals surface area contributed by atoms with Gasteiger partial charge in [0.25, 0.3) is 0 Å². The van der Waals surface area contributed by atoms with Crippen LogP contribution in [0.5, 0.6) is 0 Å². The van der Waals surface area contributed by atoms with Crippen molar-refractivity contribution in [3.05, 3.63) is 81.4 Å². The Bertz CT molecular complexity index is 3450. The lowest BCUT2D eigenvalue weighted by Crippen LogP contribution is -2.39. The number of carbonyl (C=O) groups is 16. The van der Waals surface area contributed by atoms with E-state index in [4.69, 9.17) is 0 Å². The van der Waals surface area contributed by atoms with Crippen molar-refractivity contribution in [1.82, 2.24) is 0 Å². The van der Waals surface area contributed by atoms with Crippen LogP contribution in [0.3, 0.4) is 0 Å². The highest BCUT2D eigenvalue weighted by molar-refractivity contribution is 8.03. The smallest absolute Gasteiger partial charge is 0.159 e. The Morgan fingerprint density at radius 2 is 0.777 bits per heavy atom. The molecule has 5 atom stereocenters. The second-order valence-electron chi connectivity index (χ2n) is 31.0. The van der Waals surface area contributed by atoms with Crippen molar-refractivity contribution in [3.63, 3.8) is 0 Å². The van der Waals surface area contributed by atoms with Gasteiger partial charge >= 0.3 is 0 Å². The van der Waals surface area contributed by atoms with E-state index in [0.717, 1.165) is 99.5 Å². The molecule has 103 heavy (non-hydrogen) atoms. The first-order valence-electron chi connectivity index (χ1n) is 37.2. The molecule has 2 aromatic rings. The van der Waals surface area contributed by atoms with E-state index >= 15 is 0 Å². The number of Topliss-reactive ketones (excluding diaryl/α,β-unsaturated/α-hetero) is 16. The zero-order chi connectivity index (χ0) is 77.4. The molecule has 0 heterocycles. The molecule has 10 aliphatic rings. The highest BCUT2D eigenvalue weighted by Gasteiger charge is 2.45. The quantitative estimate of drug-likeness (QED) is 0.203. The maximum Gasteiger partial charge on any atom is 0.159 e. The van der Waals surface area contributed by atoms with Gasteiger partial charge in [0.2, 0.25) is 0 Å². The average Bonchev–Trinajstić information content (AvgIpc) is 1.72. The summed E-state index contributed by atoms with van der Waals surface area (Å²) < 4.78 is 13.4. The number of halogens is 1. The van der Waals surface area contributed by atoms with Gasteiger partial charge in [-0.05, 0) is 185 Å². The van der Waals surface area contributed by atoms with Gasteiger partial charge in [0.15, 0.2) is 11.6 Å². The fourth-order valence-electron chi connectivity index (χ4n) is 13.6. The molecule has 0 amide bonds. The van der Waals surface area contributed by atoms with E-state index in [1.807, 2.05) is 79.7 Å². The summed E-state index contributed by atoms with van der Waals surface area (Å²) in [6.45, 7) is 27.4. The SMILES string of the molecule is CC1=C(Sc2ccccc2)CCCC1=O.CC1=C(Sc2ccccc2F)CCCC1=O.CC1C(=O)C2CCC(C2)C1=O.CC1C(=O)CC(C)(C)CC1=O.CC1C(=O)CCC(C)(C)C1=O.CC1C(=O)CCCC1=O.CC1C(=O)CCCCC1=O.CC1CC(=O)C(C)C(=O)C1.CC1CCC(=O)C(C)C1=O. The van der Waals surface area contributed by atoms with Crippen LogP contribution in [0, 0.1) is 81.7 Å². The molecule has 19 heteroatoms. The lowest BCUT2D eigenvalue weighted by molar-refractivity contribution is -0.142. The van der Waals surface area contributed by atoms with Crippen LogP contribution in [-0.4, -0.2) is 92.5 Å². The number of fused-ring (bicyclic) bond motifs is 2. The molecule has 5 unspecified atom stereocenters. The van der Waals surface area contributed by atoms with E-state index in [2.05, 4.69) is 12.1 Å². The van der Waals surface area contributed by atoms with E-state index in [9.17, 15) is 81.1 Å². The first kappa shape index (κ1) is 88.7. The summed E-state index contributed by atoms with van der Waals surface area (Å²) in [7, 11) is 0. The van der Waals surface area contributed by atoms with E-state index in [-0.39, 0.29) is 168 Å². The third-order valence-electron chi connectivity index (χ3n) is 21.4. The third kappa shape index (κ3) is 27.6. The Morgan fingerprint density at radius 3 is 1.23 bits per heavy atom. The monoisotopic (exact) mass is 1460 g/mol. The van der Waals surface area contributed by atoms with E-state index in [1.165, 1.54) is 27.6 Å². The largest absolute Gasteiger partial charge is 0.299 e. The van der Waals surface area contributed by atoms with Crippen LogP contribution in [0.25, 0.3) is 0 Å². The minimum absolute atomic E-state index is 0.0966. The Balaban J connectivity index is 0.000000247. The van der Waals surface area contributed by atoms with Gasteiger partial charge in [-0.15, -0.1) is 0 Å². The summed E-state index contributed by atoms with van der Waals surface area (Å²) in [6.07, 6.45) is 17.8. The van der Waals surface area contributed by atoms with Crippen molar-refractivity contribution in [2.24, 2.45) is 75.9 Å². The number of thioether (sulfide) groups is 2. The molecule has 8 fully saturated rings. The van der Waals surface area contributed by atoms with Gasteiger partial charge in [-0.3, -0.25) is 76.7 Å². The summed E-state index contributed by atoms with van der Waals surface area (Å²) in [5.74, 6) is 0.631. The Labute approximate surface area is 618 Å². The highest BCUT2D eigenvalue weighted by Crippen LogP contribution is 2.41. The molecule has 0 saturated heterocycles. The molecule has 0 aliphatic heterocycles. The normalized spacial score (nSPS) is 26.6. The van der Waals surface area contributed by atoms with Crippen molar-refractivity contribution < 1.29 is 81.1 Å². The number of hydrogen-bond acceptors (Lipinski definition) is 18. The maximum atomic E-state index is 13.4. The summed E-state index contributed by atoms with van der Waals surface area (Å²) in [4.78, 5) is 182. The summed E-state index contributed by atoms with van der Waals surface area (Å²) in [5, 5.41) is 0. The number of ketones is 16. The van der Waals surface area contributed by atoms with Gasteiger partial charge in [-0.1, -0.05) is 95.4 Å². The van der Waals surface area contributed by atoms with Crippen LogP contribution in [0.1, 0.15) is 258 Å². The first-order valence-corrected chi connectivity index (χ1v) is 38.9. The molecule has 0 spiro atoms. The topological polar surface area (TPSA) is 273 Å². The van der Waals surface area contributed by atoms with Gasteiger partial charge in [0.05, 0.1) is 41.4 Å². The van der Waals surface area contributed by atoms with Crippen LogP contribution in [0.4, 0.5) is 4.39 Å². The second-order valence-corrected chi connectivity index (χ2v) is 33.3. The predicted molar refractivity (Wildman–Crippen MR) is 398 cm³/mol. The van der Waals surface area contributed by atoms with Gasteiger partial charge in [-0.2, -0.15) is 0 Å².